The standard InChI is InChI=1S/C11H22O2S/c1-12-10-5-4-6-11(9-10)13-7-2-3-8-14/h10-11,14H,2-9H2,1H3. The first kappa shape index (κ1) is 12.3. The van der Waals surface area contributed by atoms with Crippen LogP contribution in [0.15, 0.2) is 0 Å². The molecule has 1 aliphatic rings. The maximum atomic E-state index is 5.80. The fourth-order valence-electron chi connectivity index (χ4n) is 1.93. The second-order valence-electron chi connectivity index (χ2n) is 3.95. The third kappa shape index (κ3) is 4.67. The van der Waals surface area contributed by atoms with Crippen molar-refractivity contribution < 1.29 is 9.47 Å². The van der Waals surface area contributed by atoms with E-state index in [0.717, 1.165) is 31.6 Å². The van der Waals surface area contributed by atoms with Crippen molar-refractivity contribution in [1.82, 2.24) is 0 Å². The molecule has 84 valence electrons. The molecule has 0 N–H and O–H groups in total. The molecular weight excluding hydrogens is 196 g/mol. The van der Waals surface area contributed by atoms with Crippen LogP contribution >= 0.6 is 12.6 Å². The third-order valence-corrected chi connectivity index (χ3v) is 3.13. The van der Waals surface area contributed by atoms with Gasteiger partial charge in [-0.05, 0) is 44.3 Å². The highest BCUT2D eigenvalue weighted by Gasteiger charge is 2.21. The lowest BCUT2D eigenvalue weighted by atomic mass is 9.95. The van der Waals surface area contributed by atoms with E-state index in [1.165, 1.54) is 19.3 Å². The van der Waals surface area contributed by atoms with Crippen molar-refractivity contribution in [3.8, 4) is 0 Å². The first-order valence-electron chi connectivity index (χ1n) is 5.62. The van der Waals surface area contributed by atoms with Gasteiger partial charge in [-0.2, -0.15) is 12.6 Å². The predicted octanol–water partition coefficient (Wildman–Crippen LogP) is 2.67. The van der Waals surface area contributed by atoms with Crippen LogP contribution in [0.5, 0.6) is 0 Å². The van der Waals surface area contributed by atoms with Gasteiger partial charge in [-0.1, -0.05) is 0 Å². The zero-order valence-electron chi connectivity index (χ0n) is 9.08. The van der Waals surface area contributed by atoms with Gasteiger partial charge in [0.15, 0.2) is 0 Å². The zero-order valence-corrected chi connectivity index (χ0v) is 9.97. The van der Waals surface area contributed by atoms with Gasteiger partial charge in [0.25, 0.3) is 0 Å². The van der Waals surface area contributed by atoms with Gasteiger partial charge in [0, 0.05) is 13.7 Å². The number of thiol groups is 1. The molecule has 1 fully saturated rings. The molecular formula is C11H22O2S. The first-order chi connectivity index (χ1) is 6.86. The molecule has 0 aromatic heterocycles. The van der Waals surface area contributed by atoms with Gasteiger partial charge in [-0.3, -0.25) is 0 Å². The van der Waals surface area contributed by atoms with E-state index in [9.17, 15) is 0 Å². The minimum atomic E-state index is 0.429. The minimum Gasteiger partial charge on any atom is -0.381 e. The molecule has 0 heterocycles. The molecule has 0 saturated heterocycles. The van der Waals surface area contributed by atoms with Gasteiger partial charge in [0.1, 0.15) is 0 Å². The molecule has 0 aromatic rings. The van der Waals surface area contributed by atoms with Gasteiger partial charge in [-0.15, -0.1) is 0 Å². The first-order valence-corrected chi connectivity index (χ1v) is 6.25. The Kier molecular flexibility index (Phi) is 6.65. The number of unbranched alkanes of at least 4 members (excludes halogenated alkanes) is 1. The van der Waals surface area contributed by atoms with Crippen molar-refractivity contribution >= 4 is 12.6 Å². The lowest BCUT2D eigenvalue weighted by Gasteiger charge is -2.28. The van der Waals surface area contributed by atoms with Crippen LogP contribution in [-0.2, 0) is 9.47 Å². The maximum Gasteiger partial charge on any atom is 0.0599 e. The van der Waals surface area contributed by atoms with Crippen LogP contribution in [0, 0.1) is 0 Å². The van der Waals surface area contributed by atoms with Crippen LogP contribution in [0.4, 0.5) is 0 Å². The van der Waals surface area contributed by atoms with Gasteiger partial charge in [-0.25, -0.2) is 0 Å². The van der Waals surface area contributed by atoms with E-state index < -0.39 is 0 Å². The molecule has 0 aliphatic heterocycles. The van der Waals surface area contributed by atoms with Crippen molar-refractivity contribution in [2.24, 2.45) is 0 Å². The van der Waals surface area contributed by atoms with E-state index >= 15 is 0 Å². The number of methoxy groups -OCH3 is 1. The predicted molar refractivity (Wildman–Crippen MR) is 62.1 cm³/mol. The van der Waals surface area contributed by atoms with E-state index in [0.29, 0.717) is 12.2 Å². The Hall–Kier alpha value is 0.270. The normalized spacial score (nSPS) is 27.9. The fourth-order valence-corrected chi connectivity index (χ4v) is 2.16. The summed E-state index contributed by atoms with van der Waals surface area (Å²) in [5.41, 5.74) is 0. The second-order valence-corrected chi connectivity index (χ2v) is 4.40. The van der Waals surface area contributed by atoms with E-state index in [2.05, 4.69) is 12.6 Å². The number of ether oxygens (including phenoxy) is 2. The van der Waals surface area contributed by atoms with Gasteiger partial charge in [0.2, 0.25) is 0 Å². The van der Waals surface area contributed by atoms with Crippen LogP contribution in [0.2, 0.25) is 0 Å². The summed E-state index contributed by atoms with van der Waals surface area (Å²) in [4.78, 5) is 0. The largest absolute Gasteiger partial charge is 0.381 e. The zero-order chi connectivity index (χ0) is 10.2. The summed E-state index contributed by atoms with van der Waals surface area (Å²) in [5, 5.41) is 0. The van der Waals surface area contributed by atoms with Crippen molar-refractivity contribution in [1.29, 1.82) is 0 Å². The van der Waals surface area contributed by atoms with Crippen LogP contribution in [0.25, 0.3) is 0 Å². The second kappa shape index (κ2) is 7.55. The Morgan fingerprint density at radius 2 is 2.00 bits per heavy atom. The molecule has 2 atom stereocenters. The van der Waals surface area contributed by atoms with Gasteiger partial charge in [0.05, 0.1) is 12.2 Å². The molecule has 0 radical (unpaired) electrons. The molecule has 1 aliphatic carbocycles. The Balaban J connectivity index is 2.05. The van der Waals surface area contributed by atoms with Crippen LogP contribution in [0.1, 0.15) is 38.5 Å². The number of hydrogen-bond acceptors (Lipinski definition) is 3. The quantitative estimate of drug-likeness (QED) is 0.546. The van der Waals surface area contributed by atoms with Crippen molar-refractivity contribution in [2.75, 3.05) is 19.5 Å². The Labute approximate surface area is 92.8 Å². The third-order valence-electron chi connectivity index (χ3n) is 2.82. The topological polar surface area (TPSA) is 18.5 Å². The Morgan fingerprint density at radius 1 is 1.21 bits per heavy atom. The van der Waals surface area contributed by atoms with E-state index in [4.69, 9.17) is 9.47 Å². The highest BCUT2D eigenvalue weighted by Crippen LogP contribution is 2.23. The van der Waals surface area contributed by atoms with E-state index in [-0.39, 0.29) is 0 Å². The average Bonchev–Trinajstić information content (AvgIpc) is 2.25. The molecule has 14 heavy (non-hydrogen) atoms. The summed E-state index contributed by atoms with van der Waals surface area (Å²) in [6.45, 7) is 0.891. The lowest BCUT2D eigenvalue weighted by Crippen LogP contribution is -2.27. The van der Waals surface area contributed by atoms with Crippen LogP contribution in [0.3, 0.4) is 0 Å². The van der Waals surface area contributed by atoms with E-state index in [1.807, 2.05) is 0 Å². The smallest absolute Gasteiger partial charge is 0.0599 e. The van der Waals surface area contributed by atoms with Crippen molar-refractivity contribution in [3.05, 3.63) is 0 Å². The molecule has 3 heteroatoms. The maximum absolute atomic E-state index is 5.80. The number of hydrogen-bond donors (Lipinski definition) is 1. The van der Waals surface area contributed by atoms with Gasteiger partial charge < -0.3 is 9.47 Å². The fraction of sp³-hybridized carbons (Fsp3) is 1.00. The number of rotatable bonds is 6. The Bertz CT molecular complexity index is 141. The van der Waals surface area contributed by atoms with Gasteiger partial charge >= 0.3 is 0 Å². The van der Waals surface area contributed by atoms with Crippen LogP contribution in [-0.4, -0.2) is 31.7 Å². The SMILES string of the molecule is COC1CCCC(OCCCCS)C1. The molecule has 0 amide bonds. The average molecular weight is 218 g/mol. The molecule has 1 saturated carbocycles. The minimum absolute atomic E-state index is 0.429. The highest BCUT2D eigenvalue weighted by atomic mass is 32.1. The summed E-state index contributed by atoms with van der Waals surface area (Å²) in [5.74, 6) is 0.967. The molecule has 0 spiro atoms. The summed E-state index contributed by atoms with van der Waals surface area (Å²) in [6, 6.07) is 0. The molecule has 2 nitrogen and oxygen atoms in total. The van der Waals surface area contributed by atoms with Crippen LogP contribution < -0.4 is 0 Å². The highest BCUT2D eigenvalue weighted by molar-refractivity contribution is 7.80. The molecule has 0 bridgehead atoms. The summed E-state index contributed by atoms with van der Waals surface area (Å²) in [7, 11) is 1.80. The van der Waals surface area contributed by atoms with Crippen molar-refractivity contribution in [2.45, 2.75) is 50.7 Å². The summed E-state index contributed by atoms with van der Waals surface area (Å²) < 4.78 is 11.2. The Morgan fingerprint density at radius 3 is 2.71 bits per heavy atom. The lowest BCUT2D eigenvalue weighted by molar-refractivity contribution is -0.0299. The van der Waals surface area contributed by atoms with E-state index in [1.54, 1.807) is 7.11 Å². The summed E-state index contributed by atoms with van der Waals surface area (Å²) in [6.07, 6.45) is 7.90. The molecule has 1 rings (SSSR count). The summed E-state index contributed by atoms with van der Waals surface area (Å²) >= 11 is 4.17. The molecule has 2 unspecified atom stereocenters. The van der Waals surface area contributed by atoms with Crippen molar-refractivity contribution in [3.63, 3.8) is 0 Å². The monoisotopic (exact) mass is 218 g/mol. The molecule has 0 aromatic carbocycles.